The van der Waals surface area contributed by atoms with Gasteiger partial charge in [-0.25, -0.2) is 9.97 Å². The molecule has 1 amide bonds. The van der Waals surface area contributed by atoms with Crippen molar-refractivity contribution in [2.75, 3.05) is 11.1 Å². The van der Waals surface area contributed by atoms with E-state index < -0.39 is 5.25 Å². The molecule has 160 valence electrons. The van der Waals surface area contributed by atoms with Gasteiger partial charge in [-0.1, -0.05) is 48.5 Å². The van der Waals surface area contributed by atoms with Crippen molar-refractivity contribution < 1.29 is 4.79 Å². The lowest BCUT2D eigenvalue weighted by atomic mass is 9.96. The SMILES string of the molecule is CCC(Sc1nc(N)c(C#N)c(-c2ccc(C)cc2)c1C#N)C(=O)Nc1cc(C)ccn1. The summed E-state index contributed by atoms with van der Waals surface area (Å²) in [5.74, 6) is 0.239. The second-order valence-corrected chi connectivity index (χ2v) is 8.43. The van der Waals surface area contributed by atoms with E-state index in [2.05, 4.69) is 27.4 Å². The van der Waals surface area contributed by atoms with E-state index in [4.69, 9.17) is 5.73 Å². The molecule has 0 fully saturated rings. The zero-order valence-electron chi connectivity index (χ0n) is 18.0. The number of pyridine rings is 2. The van der Waals surface area contributed by atoms with Crippen LogP contribution in [0.5, 0.6) is 0 Å². The van der Waals surface area contributed by atoms with Crippen LogP contribution in [0.2, 0.25) is 0 Å². The molecular weight excluding hydrogens is 420 g/mol. The van der Waals surface area contributed by atoms with Crippen molar-refractivity contribution in [2.45, 2.75) is 37.5 Å². The van der Waals surface area contributed by atoms with Crippen molar-refractivity contribution in [3.05, 3.63) is 64.8 Å². The predicted molar refractivity (Wildman–Crippen MR) is 126 cm³/mol. The van der Waals surface area contributed by atoms with E-state index in [9.17, 15) is 15.3 Å². The number of hydrogen-bond donors (Lipinski definition) is 2. The first kappa shape index (κ1) is 22.8. The minimum atomic E-state index is -0.532. The number of benzene rings is 1. The van der Waals surface area contributed by atoms with Gasteiger partial charge in [-0.2, -0.15) is 10.5 Å². The van der Waals surface area contributed by atoms with E-state index in [1.807, 2.05) is 51.1 Å². The van der Waals surface area contributed by atoms with E-state index in [0.29, 0.717) is 28.4 Å². The quantitative estimate of drug-likeness (QED) is 0.534. The summed E-state index contributed by atoms with van der Waals surface area (Å²) in [5.41, 5.74) is 9.62. The van der Waals surface area contributed by atoms with Gasteiger partial charge in [-0.15, -0.1) is 0 Å². The number of aromatic nitrogens is 2. The number of nitrogen functional groups attached to an aromatic ring is 1. The molecular formula is C24H22N6OS. The van der Waals surface area contributed by atoms with Crippen molar-refractivity contribution in [1.82, 2.24) is 9.97 Å². The maximum atomic E-state index is 12.9. The lowest BCUT2D eigenvalue weighted by Crippen LogP contribution is -2.25. The maximum Gasteiger partial charge on any atom is 0.239 e. The summed E-state index contributed by atoms with van der Waals surface area (Å²) in [7, 11) is 0. The molecule has 8 heteroatoms. The zero-order valence-corrected chi connectivity index (χ0v) is 18.8. The molecule has 1 aromatic carbocycles. The van der Waals surface area contributed by atoms with E-state index in [-0.39, 0.29) is 22.9 Å². The summed E-state index contributed by atoms with van der Waals surface area (Å²) in [6.45, 7) is 5.75. The molecule has 3 rings (SSSR count). The van der Waals surface area contributed by atoms with E-state index in [1.165, 1.54) is 0 Å². The Labute approximate surface area is 191 Å². The monoisotopic (exact) mass is 442 g/mol. The van der Waals surface area contributed by atoms with Crippen LogP contribution < -0.4 is 11.1 Å². The summed E-state index contributed by atoms with van der Waals surface area (Å²) in [5, 5.41) is 22.2. The van der Waals surface area contributed by atoms with Crippen LogP contribution in [0.3, 0.4) is 0 Å². The lowest BCUT2D eigenvalue weighted by molar-refractivity contribution is -0.115. The molecule has 1 atom stereocenters. The fraction of sp³-hybridized carbons (Fsp3) is 0.208. The predicted octanol–water partition coefficient (Wildman–Crippen LogP) is 4.60. The first-order valence-electron chi connectivity index (χ1n) is 9.98. The van der Waals surface area contributed by atoms with Gasteiger partial charge in [0.25, 0.3) is 0 Å². The number of nitrogens with one attached hydrogen (secondary N) is 1. The molecule has 0 aliphatic carbocycles. The van der Waals surface area contributed by atoms with Gasteiger partial charge in [0.15, 0.2) is 0 Å². The van der Waals surface area contributed by atoms with Gasteiger partial charge in [0, 0.05) is 11.8 Å². The van der Waals surface area contributed by atoms with Gasteiger partial charge in [0.2, 0.25) is 5.91 Å². The van der Waals surface area contributed by atoms with Crippen LogP contribution in [0.15, 0.2) is 47.6 Å². The first-order valence-corrected chi connectivity index (χ1v) is 10.9. The van der Waals surface area contributed by atoms with Crippen molar-refractivity contribution in [1.29, 1.82) is 10.5 Å². The van der Waals surface area contributed by atoms with Crippen LogP contribution in [0.4, 0.5) is 11.6 Å². The van der Waals surface area contributed by atoms with Crippen LogP contribution in [-0.2, 0) is 4.79 Å². The smallest absolute Gasteiger partial charge is 0.239 e. The van der Waals surface area contributed by atoms with Crippen molar-refractivity contribution >= 4 is 29.3 Å². The van der Waals surface area contributed by atoms with E-state index >= 15 is 0 Å². The molecule has 0 aliphatic heterocycles. The fourth-order valence-corrected chi connectivity index (χ4v) is 4.18. The lowest BCUT2D eigenvalue weighted by Gasteiger charge is -2.17. The number of carbonyl (C=O) groups is 1. The number of carbonyl (C=O) groups excluding carboxylic acids is 1. The Morgan fingerprint density at radius 3 is 2.41 bits per heavy atom. The van der Waals surface area contributed by atoms with Gasteiger partial charge >= 0.3 is 0 Å². The molecule has 7 nitrogen and oxygen atoms in total. The molecule has 2 heterocycles. The summed E-state index contributed by atoms with van der Waals surface area (Å²) in [4.78, 5) is 21.4. The van der Waals surface area contributed by atoms with Gasteiger partial charge in [-0.05, 0) is 43.5 Å². The van der Waals surface area contributed by atoms with E-state index in [0.717, 1.165) is 22.9 Å². The highest BCUT2D eigenvalue weighted by Gasteiger charge is 2.25. The number of nitriles is 2. The number of hydrogen-bond acceptors (Lipinski definition) is 7. The van der Waals surface area contributed by atoms with Crippen LogP contribution >= 0.6 is 11.8 Å². The highest BCUT2D eigenvalue weighted by atomic mass is 32.2. The molecule has 0 saturated carbocycles. The highest BCUT2D eigenvalue weighted by Crippen LogP contribution is 2.37. The minimum Gasteiger partial charge on any atom is -0.383 e. The molecule has 1 unspecified atom stereocenters. The Kier molecular flexibility index (Phi) is 7.09. The van der Waals surface area contributed by atoms with Gasteiger partial charge in [0.05, 0.1) is 10.8 Å². The summed E-state index contributed by atoms with van der Waals surface area (Å²) in [6.07, 6.45) is 2.12. The number of aryl methyl sites for hydroxylation is 2. The van der Waals surface area contributed by atoms with Gasteiger partial charge < -0.3 is 11.1 Å². The molecule has 0 aliphatic rings. The van der Waals surface area contributed by atoms with Crippen LogP contribution in [0, 0.1) is 36.5 Å². The number of nitrogens with two attached hydrogens (primary N) is 1. The number of rotatable bonds is 6. The fourth-order valence-electron chi connectivity index (χ4n) is 3.16. The topological polar surface area (TPSA) is 128 Å². The minimum absolute atomic E-state index is 0.0280. The Morgan fingerprint density at radius 1 is 1.12 bits per heavy atom. The van der Waals surface area contributed by atoms with Crippen LogP contribution in [-0.4, -0.2) is 21.1 Å². The third kappa shape index (κ3) is 4.88. The molecule has 2 aromatic heterocycles. The number of amides is 1. The van der Waals surface area contributed by atoms with Gasteiger partial charge in [-0.3, -0.25) is 4.79 Å². The molecule has 3 aromatic rings. The Bertz CT molecular complexity index is 1240. The zero-order chi connectivity index (χ0) is 23.3. The second-order valence-electron chi connectivity index (χ2n) is 7.24. The van der Waals surface area contributed by atoms with E-state index in [1.54, 1.807) is 12.3 Å². The third-order valence-corrected chi connectivity index (χ3v) is 6.19. The Balaban J connectivity index is 2.01. The third-order valence-electron chi connectivity index (χ3n) is 4.84. The largest absolute Gasteiger partial charge is 0.383 e. The summed E-state index contributed by atoms with van der Waals surface area (Å²) >= 11 is 1.15. The Hall–Kier alpha value is -3.88. The van der Waals surface area contributed by atoms with Crippen molar-refractivity contribution in [2.24, 2.45) is 0 Å². The molecule has 3 N–H and O–H groups in total. The molecule has 0 saturated heterocycles. The molecule has 0 bridgehead atoms. The maximum absolute atomic E-state index is 12.9. The second kappa shape index (κ2) is 9.95. The molecule has 0 radical (unpaired) electrons. The number of anilines is 2. The normalized spacial score (nSPS) is 11.3. The highest BCUT2D eigenvalue weighted by molar-refractivity contribution is 8.00. The average Bonchev–Trinajstić information content (AvgIpc) is 2.77. The number of nitrogens with zero attached hydrogens (tertiary/aromatic N) is 4. The molecule has 0 spiro atoms. The Morgan fingerprint density at radius 2 is 1.81 bits per heavy atom. The summed E-state index contributed by atoms with van der Waals surface area (Å²) in [6, 6.07) is 15.4. The van der Waals surface area contributed by atoms with Crippen molar-refractivity contribution in [3.8, 4) is 23.3 Å². The number of thioether (sulfide) groups is 1. The first-order chi connectivity index (χ1) is 15.4. The average molecular weight is 443 g/mol. The standard InChI is InChI=1S/C24H22N6OS/c1-4-19(23(31)29-20-11-15(3)9-10-28-20)32-24-18(13-26)21(17(12-25)22(27)30-24)16-7-5-14(2)6-8-16/h5-11,19H,4H2,1-3H3,(H2,27,30)(H,28,29,31). The van der Waals surface area contributed by atoms with Crippen LogP contribution in [0.25, 0.3) is 11.1 Å². The summed E-state index contributed by atoms with van der Waals surface area (Å²) < 4.78 is 0. The van der Waals surface area contributed by atoms with Crippen molar-refractivity contribution in [3.63, 3.8) is 0 Å². The van der Waals surface area contributed by atoms with Crippen LogP contribution in [0.1, 0.15) is 35.6 Å². The van der Waals surface area contributed by atoms with Gasteiger partial charge in [0.1, 0.15) is 34.4 Å². The molecule has 32 heavy (non-hydrogen) atoms.